The average molecular weight is 272 g/mol. The highest BCUT2D eigenvalue weighted by Crippen LogP contribution is 2.24. The van der Waals surface area contributed by atoms with Gasteiger partial charge in [-0.1, -0.05) is 11.6 Å². The molecule has 0 spiro atoms. The molecule has 0 bridgehead atoms. The molecule has 0 atom stereocenters. The second kappa shape index (κ2) is 5.38. The largest absolute Gasteiger partial charge is 0.494 e. The lowest BCUT2D eigenvalue weighted by atomic mass is 10.3. The van der Waals surface area contributed by atoms with Gasteiger partial charge in [-0.25, -0.2) is 4.39 Å². The number of halogens is 2. The summed E-state index contributed by atoms with van der Waals surface area (Å²) in [5.74, 6) is -0.128. The van der Waals surface area contributed by atoms with E-state index in [2.05, 4.69) is 5.32 Å². The minimum absolute atomic E-state index is 0.245. The summed E-state index contributed by atoms with van der Waals surface area (Å²) in [6, 6.07) is 8.57. The number of rotatable bonds is 4. The van der Waals surface area contributed by atoms with Crippen LogP contribution >= 0.6 is 22.9 Å². The number of anilines is 1. The molecule has 1 aromatic carbocycles. The third-order valence-electron chi connectivity index (χ3n) is 2.25. The molecule has 0 radical (unpaired) electrons. The van der Waals surface area contributed by atoms with Crippen molar-refractivity contribution < 1.29 is 9.13 Å². The lowest BCUT2D eigenvalue weighted by Crippen LogP contribution is -1.98. The van der Waals surface area contributed by atoms with E-state index in [0.717, 1.165) is 9.21 Å². The molecule has 2 nitrogen and oxygen atoms in total. The van der Waals surface area contributed by atoms with Crippen LogP contribution < -0.4 is 10.1 Å². The number of benzene rings is 1. The van der Waals surface area contributed by atoms with E-state index in [1.165, 1.54) is 24.5 Å². The van der Waals surface area contributed by atoms with Crippen molar-refractivity contribution in [3.05, 3.63) is 45.4 Å². The number of hydrogen-bond acceptors (Lipinski definition) is 3. The van der Waals surface area contributed by atoms with Gasteiger partial charge in [0, 0.05) is 23.2 Å². The number of ether oxygens (including phenoxy) is 1. The van der Waals surface area contributed by atoms with Crippen LogP contribution in [0.2, 0.25) is 4.34 Å². The monoisotopic (exact) mass is 271 g/mol. The predicted octanol–water partition coefficient (Wildman–Crippen LogP) is 4.16. The van der Waals surface area contributed by atoms with E-state index in [4.69, 9.17) is 16.3 Å². The van der Waals surface area contributed by atoms with Gasteiger partial charge in [-0.3, -0.25) is 0 Å². The van der Waals surface area contributed by atoms with Gasteiger partial charge in [-0.05, 0) is 24.3 Å². The molecule has 5 heteroatoms. The first-order chi connectivity index (χ1) is 8.19. The predicted molar refractivity (Wildman–Crippen MR) is 69.6 cm³/mol. The van der Waals surface area contributed by atoms with Crippen LogP contribution in [0.25, 0.3) is 0 Å². The van der Waals surface area contributed by atoms with Gasteiger partial charge in [0.05, 0.1) is 11.4 Å². The van der Waals surface area contributed by atoms with Crippen molar-refractivity contribution in [2.75, 3.05) is 12.4 Å². The number of hydrogen-bond donors (Lipinski definition) is 1. The molecule has 0 saturated heterocycles. The van der Waals surface area contributed by atoms with Gasteiger partial charge in [-0.2, -0.15) is 0 Å². The van der Waals surface area contributed by atoms with E-state index in [1.54, 1.807) is 12.1 Å². The first kappa shape index (κ1) is 12.2. The Bertz CT molecular complexity index is 515. The van der Waals surface area contributed by atoms with E-state index in [0.29, 0.717) is 12.2 Å². The van der Waals surface area contributed by atoms with Crippen molar-refractivity contribution in [1.29, 1.82) is 0 Å². The third kappa shape index (κ3) is 3.11. The van der Waals surface area contributed by atoms with E-state index in [9.17, 15) is 4.39 Å². The zero-order valence-corrected chi connectivity index (χ0v) is 10.7. The molecule has 1 heterocycles. The van der Waals surface area contributed by atoms with Gasteiger partial charge in [0.25, 0.3) is 0 Å². The van der Waals surface area contributed by atoms with Gasteiger partial charge in [0.15, 0.2) is 11.6 Å². The molecule has 1 aromatic heterocycles. The van der Waals surface area contributed by atoms with Crippen molar-refractivity contribution in [3.8, 4) is 5.75 Å². The fourth-order valence-electron chi connectivity index (χ4n) is 1.41. The highest BCUT2D eigenvalue weighted by molar-refractivity contribution is 7.16. The zero-order valence-electron chi connectivity index (χ0n) is 9.17. The SMILES string of the molecule is COc1ccc(NCc2ccc(Cl)s2)cc1F. The first-order valence-electron chi connectivity index (χ1n) is 5.00. The van der Waals surface area contributed by atoms with Crippen molar-refractivity contribution in [2.24, 2.45) is 0 Å². The summed E-state index contributed by atoms with van der Waals surface area (Å²) in [5.41, 5.74) is 0.716. The maximum Gasteiger partial charge on any atom is 0.167 e. The summed E-state index contributed by atoms with van der Waals surface area (Å²) in [5, 5.41) is 3.12. The van der Waals surface area contributed by atoms with E-state index in [-0.39, 0.29) is 11.6 Å². The Morgan fingerprint density at radius 3 is 2.76 bits per heavy atom. The van der Waals surface area contributed by atoms with Crippen LogP contribution in [0, 0.1) is 5.82 Å². The summed E-state index contributed by atoms with van der Waals surface area (Å²) < 4.78 is 19.0. The zero-order chi connectivity index (χ0) is 12.3. The first-order valence-corrected chi connectivity index (χ1v) is 6.20. The molecule has 0 aliphatic carbocycles. The molecule has 2 aromatic rings. The number of methoxy groups -OCH3 is 1. The van der Waals surface area contributed by atoms with Crippen LogP contribution in [-0.4, -0.2) is 7.11 Å². The second-order valence-corrected chi connectivity index (χ2v) is 5.21. The smallest absolute Gasteiger partial charge is 0.167 e. The van der Waals surface area contributed by atoms with Gasteiger partial charge >= 0.3 is 0 Å². The summed E-state index contributed by atoms with van der Waals surface area (Å²) in [6.45, 7) is 0.628. The second-order valence-electron chi connectivity index (χ2n) is 3.41. The van der Waals surface area contributed by atoms with E-state index < -0.39 is 0 Å². The third-order valence-corrected chi connectivity index (χ3v) is 3.48. The Kier molecular flexibility index (Phi) is 3.86. The van der Waals surface area contributed by atoms with Crippen molar-refractivity contribution >= 4 is 28.6 Å². The highest BCUT2D eigenvalue weighted by atomic mass is 35.5. The molecule has 17 heavy (non-hydrogen) atoms. The van der Waals surface area contributed by atoms with Crippen molar-refractivity contribution in [1.82, 2.24) is 0 Å². The minimum atomic E-state index is -0.373. The standard InChI is InChI=1S/C12H11ClFNOS/c1-16-11-4-2-8(6-10(11)14)15-7-9-3-5-12(13)17-9/h2-6,15H,7H2,1H3. The van der Waals surface area contributed by atoms with Crippen molar-refractivity contribution in [2.45, 2.75) is 6.54 Å². The molecule has 0 aliphatic heterocycles. The van der Waals surface area contributed by atoms with Gasteiger partial charge < -0.3 is 10.1 Å². The lowest BCUT2D eigenvalue weighted by Gasteiger charge is -2.07. The van der Waals surface area contributed by atoms with Crippen LogP contribution in [0.5, 0.6) is 5.75 Å². The molecule has 0 saturated carbocycles. The van der Waals surface area contributed by atoms with Gasteiger partial charge in [0.1, 0.15) is 0 Å². The van der Waals surface area contributed by atoms with Gasteiger partial charge in [-0.15, -0.1) is 11.3 Å². The fraction of sp³-hybridized carbons (Fsp3) is 0.167. The topological polar surface area (TPSA) is 21.3 Å². The normalized spacial score (nSPS) is 10.3. The molecule has 1 N–H and O–H groups in total. The Hall–Kier alpha value is -1.26. The van der Waals surface area contributed by atoms with Crippen LogP contribution in [0.3, 0.4) is 0 Å². The number of thiophene rings is 1. The van der Waals surface area contributed by atoms with Crippen molar-refractivity contribution in [3.63, 3.8) is 0 Å². The molecule has 0 unspecified atom stereocenters. The quantitative estimate of drug-likeness (QED) is 0.901. The highest BCUT2D eigenvalue weighted by Gasteiger charge is 2.03. The van der Waals surface area contributed by atoms with E-state index in [1.807, 2.05) is 12.1 Å². The molecule has 0 amide bonds. The molecular weight excluding hydrogens is 261 g/mol. The summed E-state index contributed by atoms with van der Waals surface area (Å²) >= 11 is 7.32. The Labute approximate surface area is 108 Å². The summed E-state index contributed by atoms with van der Waals surface area (Å²) in [7, 11) is 1.44. The van der Waals surface area contributed by atoms with E-state index >= 15 is 0 Å². The molecule has 90 valence electrons. The Morgan fingerprint density at radius 1 is 1.35 bits per heavy atom. The van der Waals surface area contributed by atoms with Crippen LogP contribution in [-0.2, 0) is 6.54 Å². The molecule has 0 fully saturated rings. The van der Waals surface area contributed by atoms with Gasteiger partial charge in [0.2, 0.25) is 0 Å². The fourth-order valence-corrected chi connectivity index (χ4v) is 2.44. The average Bonchev–Trinajstić information content (AvgIpc) is 2.73. The van der Waals surface area contributed by atoms with Crippen LogP contribution in [0.4, 0.5) is 10.1 Å². The maximum absolute atomic E-state index is 13.4. The van der Waals surface area contributed by atoms with Crippen LogP contribution in [0.15, 0.2) is 30.3 Å². The lowest BCUT2D eigenvalue weighted by molar-refractivity contribution is 0.386. The minimum Gasteiger partial charge on any atom is -0.494 e. The summed E-state index contributed by atoms with van der Waals surface area (Å²) in [4.78, 5) is 1.10. The Balaban J connectivity index is 2.02. The molecule has 0 aliphatic rings. The number of nitrogens with one attached hydrogen (secondary N) is 1. The van der Waals surface area contributed by atoms with Crippen LogP contribution in [0.1, 0.15) is 4.88 Å². The molecular formula is C12H11ClFNOS. The summed E-state index contributed by atoms with van der Waals surface area (Å²) in [6.07, 6.45) is 0. The maximum atomic E-state index is 13.4. The Morgan fingerprint density at radius 2 is 2.18 bits per heavy atom. The molecule has 2 rings (SSSR count).